The standard InChI is InChI=1S/C15H20ClFN2/c1-2-12-8-18-14(10-3-4-10)9-19(12)15-6-5-11(16)7-13(15)17/h5-7,10,12,14,18H,2-4,8-9H2,1H3. The van der Waals surface area contributed by atoms with Crippen molar-refractivity contribution < 1.29 is 4.39 Å². The quantitative estimate of drug-likeness (QED) is 0.913. The number of anilines is 1. The average molecular weight is 283 g/mol. The van der Waals surface area contributed by atoms with E-state index in [2.05, 4.69) is 17.1 Å². The topological polar surface area (TPSA) is 15.3 Å². The second-order valence-corrected chi connectivity index (χ2v) is 6.10. The molecule has 1 N–H and O–H groups in total. The Morgan fingerprint density at radius 1 is 1.42 bits per heavy atom. The fourth-order valence-electron chi connectivity index (χ4n) is 3.01. The Balaban J connectivity index is 1.85. The lowest BCUT2D eigenvalue weighted by molar-refractivity contribution is 0.357. The smallest absolute Gasteiger partial charge is 0.147 e. The summed E-state index contributed by atoms with van der Waals surface area (Å²) in [6, 6.07) is 5.89. The summed E-state index contributed by atoms with van der Waals surface area (Å²) in [5.41, 5.74) is 0.698. The van der Waals surface area contributed by atoms with E-state index < -0.39 is 0 Å². The molecule has 3 rings (SSSR count). The van der Waals surface area contributed by atoms with Crippen molar-refractivity contribution in [2.45, 2.75) is 38.3 Å². The Kier molecular flexibility index (Phi) is 3.68. The van der Waals surface area contributed by atoms with Crippen LogP contribution >= 0.6 is 11.6 Å². The molecule has 0 amide bonds. The second kappa shape index (κ2) is 5.29. The molecule has 0 bridgehead atoms. The molecule has 1 aromatic rings. The zero-order chi connectivity index (χ0) is 13.4. The molecular weight excluding hydrogens is 263 g/mol. The number of piperazine rings is 1. The first-order valence-corrected chi connectivity index (χ1v) is 7.52. The van der Waals surface area contributed by atoms with Gasteiger partial charge in [0.15, 0.2) is 0 Å². The molecule has 1 saturated carbocycles. The summed E-state index contributed by atoms with van der Waals surface area (Å²) >= 11 is 5.84. The monoisotopic (exact) mass is 282 g/mol. The third-order valence-electron chi connectivity index (χ3n) is 4.33. The number of benzene rings is 1. The number of nitrogens with one attached hydrogen (secondary N) is 1. The van der Waals surface area contributed by atoms with Crippen LogP contribution < -0.4 is 10.2 Å². The predicted molar refractivity (Wildman–Crippen MR) is 77.3 cm³/mol. The summed E-state index contributed by atoms with van der Waals surface area (Å²) in [5.74, 6) is 0.582. The van der Waals surface area contributed by atoms with E-state index in [4.69, 9.17) is 11.6 Å². The highest BCUT2D eigenvalue weighted by Gasteiger charge is 2.37. The van der Waals surface area contributed by atoms with E-state index in [1.807, 2.05) is 6.07 Å². The predicted octanol–water partition coefficient (Wildman–Crippen LogP) is 3.45. The Bertz CT molecular complexity index is 461. The second-order valence-electron chi connectivity index (χ2n) is 5.66. The highest BCUT2D eigenvalue weighted by atomic mass is 35.5. The molecule has 0 aromatic heterocycles. The lowest BCUT2D eigenvalue weighted by Crippen LogP contribution is -2.57. The van der Waals surface area contributed by atoms with Gasteiger partial charge in [-0.1, -0.05) is 18.5 Å². The normalized spacial score (nSPS) is 27.6. The van der Waals surface area contributed by atoms with Crippen LogP contribution in [0.5, 0.6) is 0 Å². The van der Waals surface area contributed by atoms with Crippen molar-refractivity contribution >= 4 is 17.3 Å². The maximum atomic E-state index is 14.1. The number of hydrogen-bond acceptors (Lipinski definition) is 2. The molecule has 19 heavy (non-hydrogen) atoms. The average Bonchev–Trinajstić information content (AvgIpc) is 3.22. The van der Waals surface area contributed by atoms with E-state index in [-0.39, 0.29) is 5.82 Å². The van der Waals surface area contributed by atoms with Crippen molar-refractivity contribution in [2.24, 2.45) is 5.92 Å². The molecule has 1 aromatic carbocycles. The van der Waals surface area contributed by atoms with Gasteiger partial charge >= 0.3 is 0 Å². The number of rotatable bonds is 3. The summed E-state index contributed by atoms with van der Waals surface area (Å²) in [5, 5.41) is 4.08. The molecule has 2 nitrogen and oxygen atoms in total. The molecular formula is C15H20ClFN2. The molecule has 104 valence electrons. The first kappa shape index (κ1) is 13.2. The van der Waals surface area contributed by atoms with Gasteiger partial charge < -0.3 is 10.2 Å². The van der Waals surface area contributed by atoms with Gasteiger partial charge in [0, 0.05) is 30.2 Å². The van der Waals surface area contributed by atoms with E-state index >= 15 is 0 Å². The van der Waals surface area contributed by atoms with Crippen molar-refractivity contribution in [1.82, 2.24) is 5.32 Å². The first-order valence-electron chi connectivity index (χ1n) is 7.14. The molecule has 0 spiro atoms. The van der Waals surface area contributed by atoms with E-state index in [1.165, 1.54) is 18.9 Å². The molecule has 1 aliphatic carbocycles. The maximum absolute atomic E-state index is 14.1. The van der Waals surface area contributed by atoms with Gasteiger partial charge in [-0.05, 0) is 43.4 Å². The fraction of sp³-hybridized carbons (Fsp3) is 0.600. The molecule has 1 heterocycles. The number of nitrogens with zero attached hydrogens (tertiary/aromatic N) is 1. The Morgan fingerprint density at radius 3 is 2.84 bits per heavy atom. The lowest BCUT2D eigenvalue weighted by atomic mass is 10.0. The van der Waals surface area contributed by atoms with Crippen molar-refractivity contribution in [3.63, 3.8) is 0 Å². The van der Waals surface area contributed by atoms with Gasteiger partial charge in [-0.2, -0.15) is 0 Å². The van der Waals surface area contributed by atoms with Crippen molar-refractivity contribution in [3.8, 4) is 0 Å². The SMILES string of the molecule is CCC1CNC(C2CC2)CN1c1ccc(Cl)cc1F. The van der Waals surface area contributed by atoms with Crippen LogP contribution in [0.15, 0.2) is 18.2 Å². The number of hydrogen-bond donors (Lipinski definition) is 1. The van der Waals surface area contributed by atoms with Gasteiger partial charge in [0.05, 0.1) is 5.69 Å². The fourth-order valence-corrected chi connectivity index (χ4v) is 3.17. The summed E-state index contributed by atoms with van der Waals surface area (Å²) < 4.78 is 14.1. The van der Waals surface area contributed by atoms with Gasteiger partial charge in [0.1, 0.15) is 5.82 Å². The van der Waals surface area contributed by atoms with Gasteiger partial charge in [0.25, 0.3) is 0 Å². The minimum absolute atomic E-state index is 0.206. The van der Waals surface area contributed by atoms with Gasteiger partial charge in [-0.3, -0.25) is 0 Å². The van der Waals surface area contributed by atoms with Crippen LogP contribution in [-0.2, 0) is 0 Å². The molecule has 1 saturated heterocycles. The molecule has 2 aliphatic rings. The Labute approximate surface area is 118 Å². The van der Waals surface area contributed by atoms with Crippen LogP contribution in [0.4, 0.5) is 10.1 Å². The largest absolute Gasteiger partial charge is 0.363 e. The minimum Gasteiger partial charge on any atom is -0.363 e. The molecule has 2 fully saturated rings. The molecule has 4 heteroatoms. The van der Waals surface area contributed by atoms with Gasteiger partial charge in [0.2, 0.25) is 0 Å². The number of halogens is 2. The first-order chi connectivity index (χ1) is 9.19. The van der Waals surface area contributed by atoms with Crippen molar-refractivity contribution in [3.05, 3.63) is 29.0 Å². The summed E-state index contributed by atoms with van der Waals surface area (Å²) in [7, 11) is 0. The Morgan fingerprint density at radius 2 is 2.21 bits per heavy atom. The molecule has 2 atom stereocenters. The zero-order valence-electron chi connectivity index (χ0n) is 11.2. The van der Waals surface area contributed by atoms with E-state index in [1.54, 1.807) is 6.07 Å². The summed E-state index contributed by atoms with van der Waals surface area (Å²) in [6.45, 7) is 4.01. The lowest BCUT2D eigenvalue weighted by Gasteiger charge is -2.42. The van der Waals surface area contributed by atoms with E-state index in [0.29, 0.717) is 22.8 Å². The molecule has 0 radical (unpaired) electrons. The zero-order valence-corrected chi connectivity index (χ0v) is 12.0. The van der Waals surface area contributed by atoms with Crippen molar-refractivity contribution in [1.29, 1.82) is 0 Å². The van der Waals surface area contributed by atoms with Crippen LogP contribution in [0.2, 0.25) is 5.02 Å². The summed E-state index contributed by atoms with van der Waals surface area (Å²) in [4.78, 5) is 2.23. The van der Waals surface area contributed by atoms with E-state index in [0.717, 1.165) is 25.4 Å². The summed E-state index contributed by atoms with van der Waals surface area (Å²) in [6.07, 6.45) is 3.64. The van der Waals surface area contributed by atoms with Crippen LogP contribution in [0.1, 0.15) is 26.2 Å². The van der Waals surface area contributed by atoms with Crippen molar-refractivity contribution in [2.75, 3.05) is 18.0 Å². The highest BCUT2D eigenvalue weighted by molar-refractivity contribution is 6.30. The Hall–Kier alpha value is -0.800. The van der Waals surface area contributed by atoms with Gasteiger partial charge in [-0.25, -0.2) is 4.39 Å². The minimum atomic E-state index is -0.206. The third-order valence-corrected chi connectivity index (χ3v) is 4.57. The molecule has 1 aliphatic heterocycles. The molecule has 2 unspecified atom stereocenters. The van der Waals surface area contributed by atoms with E-state index in [9.17, 15) is 4.39 Å². The highest BCUT2D eigenvalue weighted by Crippen LogP contribution is 2.36. The van der Waals surface area contributed by atoms with Gasteiger partial charge in [-0.15, -0.1) is 0 Å². The maximum Gasteiger partial charge on any atom is 0.147 e. The van der Waals surface area contributed by atoms with Crippen LogP contribution in [-0.4, -0.2) is 25.2 Å². The van der Waals surface area contributed by atoms with Crippen LogP contribution in [0.3, 0.4) is 0 Å². The third kappa shape index (κ3) is 2.72. The van der Waals surface area contributed by atoms with Crippen LogP contribution in [0.25, 0.3) is 0 Å². The van der Waals surface area contributed by atoms with Crippen LogP contribution in [0, 0.1) is 11.7 Å².